The Morgan fingerprint density at radius 1 is 1.11 bits per heavy atom. The number of aliphatic hydroxyl groups is 2. The molecule has 2 aromatic rings. The van der Waals surface area contributed by atoms with E-state index >= 15 is 0 Å². The zero-order chi connectivity index (χ0) is 20.3. The second kappa shape index (κ2) is 8.41. The third-order valence-corrected chi connectivity index (χ3v) is 4.89. The number of rotatable bonds is 5. The average Bonchev–Trinajstić information content (AvgIpc) is 3.01. The lowest BCUT2D eigenvalue weighted by atomic mass is 10.1. The van der Waals surface area contributed by atoms with Crippen molar-refractivity contribution in [1.82, 2.24) is 10.2 Å². The fourth-order valence-corrected chi connectivity index (χ4v) is 3.30. The molecular weight excluding hydrogens is 358 g/mol. The quantitative estimate of drug-likeness (QED) is 0.704. The molecule has 1 aliphatic rings. The third-order valence-electron chi connectivity index (χ3n) is 4.89. The van der Waals surface area contributed by atoms with Gasteiger partial charge in [-0.05, 0) is 23.8 Å². The molecule has 0 aromatic heterocycles. The molecule has 2 amide bonds. The van der Waals surface area contributed by atoms with Crippen LogP contribution in [0.5, 0.6) is 0 Å². The lowest BCUT2D eigenvalue weighted by Gasteiger charge is -2.25. The van der Waals surface area contributed by atoms with E-state index in [0.717, 1.165) is 11.3 Å². The molecular formula is C21H25N3O4. The first-order chi connectivity index (χ1) is 13.4. The van der Waals surface area contributed by atoms with Crippen molar-refractivity contribution >= 4 is 17.5 Å². The number of benzene rings is 2. The molecule has 7 nitrogen and oxygen atoms in total. The van der Waals surface area contributed by atoms with Gasteiger partial charge in [0.15, 0.2) is 0 Å². The van der Waals surface area contributed by atoms with E-state index in [1.165, 1.54) is 4.90 Å². The number of carbonyl (C=O) groups excluding carboxylic acids is 2. The van der Waals surface area contributed by atoms with E-state index in [4.69, 9.17) is 0 Å². The van der Waals surface area contributed by atoms with Crippen LogP contribution in [0.2, 0.25) is 0 Å². The SMILES string of the molecule is CN(C)c1cccc(C(=O)N2C[C@H](O)[C@@H](O)C2C(=O)NCc2ccccc2)c1. The summed E-state index contributed by atoms with van der Waals surface area (Å²) in [7, 11) is 3.74. The summed E-state index contributed by atoms with van der Waals surface area (Å²) in [4.78, 5) is 28.8. The van der Waals surface area contributed by atoms with Gasteiger partial charge in [0.05, 0.1) is 6.54 Å². The Bertz CT molecular complexity index is 841. The lowest BCUT2D eigenvalue weighted by molar-refractivity contribution is -0.128. The number of likely N-dealkylation sites (tertiary alicyclic amines) is 1. The van der Waals surface area contributed by atoms with Crippen LogP contribution in [0.3, 0.4) is 0 Å². The van der Waals surface area contributed by atoms with E-state index < -0.39 is 30.1 Å². The number of carbonyl (C=O) groups is 2. The van der Waals surface area contributed by atoms with Crippen molar-refractivity contribution in [3.8, 4) is 0 Å². The van der Waals surface area contributed by atoms with Gasteiger partial charge >= 0.3 is 0 Å². The molecule has 1 aliphatic heterocycles. The highest BCUT2D eigenvalue weighted by Crippen LogP contribution is 2.23. The fourth-order valence-electron chi connectivity index (χ4n) is 3.30. The number of hydrogen-bond acceptors (Lipinski definition) is 5. The molecule has 3 rings (SSSR count). The van der Waals surface area contributed by atoms with Crippen molar-refractivity contribution in [1.29, 1.82) is 0 Å². The number of hydrogen-bond donors (Lipinski definition) is 3. The number of anilines is 1. The van der Waals surface area contributed by atoms with Gasteiger partial charge in [-0.2, -0.15) is 0 Å². The van der Waals surface area contributed by atoms with Crippen molar-refractivity contribution in [3.63, 3.8) is 0 Å². The standard InChI is InChI=1S/C21H25N3O4/c1-23(2)16-10-6-9-15(11-16)21(28)24-13-17(25)19(26)18(24)20(27)22-12-14-7-4-3-5-8-14/h3-11,17-19,25-26H,12-13H2,1-2H3,(H,22,27)/t17-,18?,19+/m0/s1. The normalized spacial score (nSPS) is 21.4. The molecule has 0 radical (unpaired) electrons. The summed E-state index contributed by atoms with van der Waals surface area (Å²) in [6.07, 6.45) is -2.51. The van der Waals surface area contributed by atoms with Crippen LogP contribution >= 0.6 is 0 Å². The minimum absolute atomic E-state index is 0.102. The monoisotopic (exact) mass is 383 g/mol. The van der Waals surface area contributed by atoms with E-state index in [1.54, 1.807) is 18.2 Å². The Hall–Kier alpha value is -2.90. The van der Waals surface area contributed by atoms with E-state index in [0.29, 0.717) is 5.56 Å². The third kappa shape index (κ3) is 4.16. The molecule has 0 saturated carbocycles. The Kier molecular flexibility index (Phi) is 5.96. The smallest absolute Gasteiger partial charge is 0.254 e. The Morgan fingerprint density at radius 3 is 2.50 bits per heavy atom. The van der Waals surface area contributed by atoms with Crippen LogP contribution in [0.15, 0.2) is 54.6 Å². The molecule has 28 heavy (non-hydrogen) atoms. The van der Waals surface area contributed by atoms with Gasteiger partial charge in [0.1, 0.15) is 18.2 Å². The first kappa shape index (κ1) is 19.9. The maximum Gasteiger partial charge on any atom is 0.254 e. The minimum atomic E-state index is -1.34. The highest BCUT2D eigenvalue weighted by Gasteiger charge is 2.46. The van der Waals surface area contributed by atoms with Gasteiger partial charge in [0, 0.05) is 31.9 Å². The largest absolute Gasteiger partial charge is 0.388 e. The number of β-amino-alcohol motifs (C(OH)–C–C–N with tert-alkyl or cyclic N) is 1. The first-order valence-corrected chi connectivity index (χ1v) is 9.14. The molecule has 1 unspecified atom stereocenters. The maximum atomic E-state index is 13.0. The fraction of sp³-hybridized carbons (Fsp3) is 0.333. The van der Waals surface area contributed by atoms with Crippen LogP contribution in [0.25, 0.3) is 0 Å². The van der Waals surface area contributed by atoms with Crippen molar-refractivity contribution in [2.24, 2.45) is 0 Å². The predicted molar refractivity (Wildman–Crippen MR) is 106 cm³/mol. The van der Waals surface area contributed by atoms with E-state index in [1.807, 2.05) is 55.4 Å². The highest BCUT2D eigenvalue weighted by atomic mass is 16.3. The Morgan fingerprint density at radius 2 is 1.82 bits per heavy atom. The van der Waals surface area contributed by atoms with Crippen LogP contribution < -0.4 is 10.2 Å². The van der Waals surface area contributed by atoms with E-state index in [2.05, 4.69) is 5.32 Å². The number of aliphatic hydroxyl groups excluding tert-OH is 2. The van der Waals surface area contributed by atoms with Crippen LogP contribution in [0.4, 0.5) is 5.69 Å². The van der Waals surface area contributed by atoms with Gasteiger partial charge in [0.2, 0.25) is 5.91 Å². The van der Waals surface area contributed by atoms with E-state index in [-0.39, 0.29) is 13.1 Å². The summed E-state index contributed by atoms with van der Waals surface area (Å²) in [6.45, 7) is 0.173. The highest BCUT2D eigenvalue weighted by molar-refractivity contribution is 5.99. The van der Waals surface area contributed by atoms with Gasteiger partial charge in [-0.15, -0.1) is 0 Å². The lowest BCUT2D eigenvalue weighted by Crippen LogP contribution is -2.50. The topological polar surface area (TPSA) is 93.1 Å². The molecule has 0 aliphatic carbocycles. The number of nitrogens with one attached hydrogen (secondary N) is 1. The van der Waals surface area contributed by atoms with Crippen molar-refractivity contribution < 1.29 is 19.8 Å². The molecule has 0 bridgehead atoms. The van der Waals surface area contributed by atoms with Crippen LogP contribution in [-0.2, 0) is 11.3 Å². The average molecular weight is 383 g/mol. The Labute approximate surface area is 164 Å². The zero-order valence-corrected chi connectivity index (χ0v) is 15.9. The van der Waals surface area contributed by atoms with Crippen molar-refractivity contribution in [3.05, 3.63) is 65.7 Å². The van der Waals surface area contributed by atoms with Gasteiger partial charge in [0.25, 0.3) is 5.91 Å². The number of nitrogens with zero attached hydrogens (tertiary/aromatic N) is 2. The maximum absolute atomic E-state index is 13.0. The summed E-state index contributed by atoms with van der Waals surface area (Å²) in [5, 5.41) is 23.1. The summed E-state index contributed by atoms with van der Waals surface area (Å²) < 4.78 is 0. The minimum Gasteiger partial charge on any atom is -0.388 e. The molecule has 0 spiro atoms. The second-order valence-electron chi connectivity index (χ2n) is 7.11. The summed E-state index contributed by atoms with van der Waals surface area (Å²) in [5.74, 6) is -0.899. The van der Waals surface area contributed by atoms with Gasteiger partial charge < -0.3 is 25.3 Å². The zero-order valence-electron chi connectivity index (χ0n) is 15.9. The summed E-state index contributed by atoms with van der Waals surface area (Å²) >= 11 is 0. The second-order valence-corrected chi connectivity index (χ2v) is 7.11. The Balaban J connectivity index is 1.77. The molecule has 3 N–H and O–H groups in total. The molecule has 1 fully saturated rings. The van der Waals surface area contributed by atoms with Crippen LogP contribution in [0, 0.1) is 0 Å². The molecule has 1 heterocycles. The molecule has 3 atom stereocenters. The number of amides is 2. The van der Waals surface area contributed by atoms with E-state index in [9.17, 15) is 19.8 Å². The molecule has 7 heteroatoms. The summed E-state index contributed by atoms with van der Waals surface area (Å²) in [5.41, 5.74) is 2.14. The molecule has 1 saturated heterocycles. The van der Waals surface area contributed by atoms with Crippen LogP contribution in [-0.4, -0.2) is 65.8 Å². The van der Waals surface area contributed by atoms with Crippen molar-refractivity contribution in [2.75, 3.05) is 25.5 Å². The van der Waals surface area contributed by atoms with Gasteiger partial charge in [-0.3, -0.25) is 9.59 Å². The molecule has 2 aromatic carbocycles. The van der Waals surface area contributed by atoms with Gasteiger partial charge in [-0.1, -0.05) is 36.4 Å². The predicted octanol–water partition coefficient (Wildman–Crippen LogP) is 0.615. The first-order valence-electron chi connectivity index (χ1n) is 9.14. The van der Waals surface area contributed by atoms with Crippen LogP contribution in [0.1, 0.15) is 15.9 Å². The van der Waals surface area contributed by atoms with Gasteiger partial charge in [-0.25, -0.2) is 0 Å². The van der Waals surface area contributed by atoms with Crippen molar-refractivity contribution in [2.45, 2.75) is 24.8 Å². The molecule has 148 valence electrons. The summed E-state index contributed by atoms with van der Waals surface area (Å²) in [6, 6.07) is 15.2.